The molecule has 32 heavy (non-hydrogen) atoms. The van der Waals surface area contributed by atoms with Gasteiger partial charge in [0.1, 0.15) is 0 Å². The number of fused-ring (bicyclic) bond motifs is 1. The van der Waals surface area contributed by atoms with Crippen LogP contribution >= 0.6 is 0 Å². The Morgan fingerprint density at radius 2 is 1.91 bits per heavy atom. The molecule has 8 nitrogen and oxygen atoms in total. The van der Waals surface area contributed by atoms with E-state index in [1.165, 1.54) is 4.57 Å². The van der Waals surface area contributed by atoms with Crippen LogP contribution in [0.15, 0.2) is 23.0 Å². The number of nitrogens with zero attached hydrogens (tertiary/aromatic N) is 3. The van der Waals surface area contributed by atoms with E-state index < -0.39 is 5.60 Å². The van der Waals surface area contributed by atoms with E-state index in [4.69, 9.17) is 4.74 Å². The second-order valence-electron chi connectivity index (χ2n) is 9.82. The molecule has 2 saturated heterocycles. The SMILES string of the molecule is Cc1ccc2c(c1)n(C(=O)NCC1CCN(CC3(O)CCOCC3)CC1)c(=O)n2C(C)C. The summed E-state index contributed by atoms with van der Waals surface area (Å²) in [7, 11) is 0. The van der Waals surface area contributed by atoms with Crippen LogP contribution in [0.2, 0.25) is 0 Å². The maximum absolute atomic E-state index is 13.0. The molecule has 2 aromatic rings. The van der Waals surface area contributed by atoms with Gasteiger partial charge in [-0.1, -0.05) is 6.07 Å². The van der Waals surface area contributed by atoms with Gasteiger partial charge >= 0.3 is 11.7 Å². The zero-order valence-electron chi connectivity index (χ0n) is 19.5. The van der Waals surface area contributed by atoms with Crippen molar-refractivity contribution in [3.63, 3.8) is 0 Å². The lowest BCUT2D eigenvalue weighted by Gasteiger charge is -2.39. The summed E-state index contributed by atoms with van der Waals surface area (Å²) < 4.78 is 8.32. The lowest BCUT2D eigenvalue weighted by molar-refractivity contribution is -0.0829. The average molecular weight is 445 g/mol. The number of rotatable bonds is 5. The molecule has 0 spiro atoms. The lowest BCUT2D eigenvalue weighted by Crippen LogP contribution is -2.49. The highest BCUT2D eigenvalue weighted by Crippen LogP contribution is 2.25. The second kappa shape index (κ2) is 9.37. The zero-order chi connectivity index (χ0) is 22.9. The predicted molar refractivity (Wildman–Crippen MR) is 124 cm³/mol. The van der Waals surface area contributed by atoms with Gasteiger partial charge in [0.25, 0.3) is 0 Å². The van der Waals surface area contributed by atoms with Crippen LogP contribution in [0.25, 0.3) is 11.0 Å². The van der Waals surface area contributed by atoms with Gasteiger partial charge in [-0.05, 0) is 70.3 Å². The number of β-amino-alcohol motifs (C(OH)–C–C–N with tert-alkyl or cyclic N) is 1. The normalized spacial score (nSPS) is 20.2. The van der Waals surface area contributed by atoms with Crippen molar-refractivity contribution in [2.75, 3.05) is 39.4 Å². The molecule has 1 aromatic heterocycles. The summed E-state index contributed by atoms with van der Waals surface area (Å²) >= 11 is 0. The monoisotopic (exact) mass is 444 g/mol. The number of imidazole rings is 1. The van der Waals surface area contributed by atoms with Crippen molar-refractivity contribution in [2.24, 2.45) is 5.92 Å². The summed E-state index contributed by atoms with van der Waals surface area (Å²) in [5.74, 6) is 0.371. The molecule has 4 rings (SSSR count). The fraction of sp³-hybridized carbons (Fsp3) is 0.667. The van der Waals surface area contributed by atoms with Crippen molar-refractivity contribution < 1.29 is 14.6 Å². The number of hydrogen-bond acceptors (Lipinski definition) is 5. The van der Waals surface area contributed by atoms with Gasteiger partial charge in [0.05, 0.1) is 16.6 Å². The van der Waals surface area contributed by atoms with Crippen LogP contribution in [0.5, 0.6) is 0 Å². The number of carbonyl (C=O) groups excluding carboxylic acids is 1. The number of aliphatic hydroxyl groups is 1. The lowest BCUT2D eigenvalue weighted by atomic mass is 9.91. The van der Waals surface area contributed by atoms with Crippen LogP contribution in [0.3, 0.4) is 0 Å². The van der Waals surface area contributed by atoms with E-state index in [0.29, 0.717) is 50.6 Å². The van der Waals surface area contributed by atoms with E-state index in [0.717, 1.165) is 37.0 Å². The Kier molecular flexibility index (Phi) is 6.74. The Hall–Kier alpha value is -2.16. The first-order valence-corrected chi connectivity index (χ1v) is 11.8. The van der Waals surface area contributed by atoms with Crippen LogP contribution in [0, 0.1) is 12.8 Å². The molecule has 1 aromatic carbocycles. The number of amides is 1. The Labute approximate surface area is 189 Å². The summed E-state index contributed by atoms with van der Waals surface area (Å²) in [5.41, 5.74) is 1.52. The standard InChI is InChI=1S/C24H36N4O4/c1-17(2)27-20-5-4-18(3)14-21(20)28(23(27)30)22(29)25-15-19-6-10-26(11-7-19)16-24(31)8-12-32-13-9-24/h4-5,14,17,19,31H,6-13,15-16H2,1-3H3,(H,25,29). The minimum absolute atomic E-state index is 0.0309. The molecule has 2 N–H and O–H groups in total. The highest BCUT2D eigenvalue weighted by molar-refractivity contribution is 5.89. The molecule has 0 saturated carbocycles. The smallest absolute Gasteiger partial charge is 0.337 e. The highest BCUT2D eigenvalue weighted by atomic mass is 16.5. The molecule has 0 aliphatic carbocycles. The van der Waals surface area contributed by atoms with Gasteiger partial charge in [-0.2, -0.15) is 0 Å². The number of benzene rings is 1. The van der Waals surface area contributed by atoms with Crippen LogP contribution in [-0.4, -0.2) is 70.2 Å². The molecule has 1 amide bonds. The largest absolute Gasteiger partial charge is 0.388 e. The quantitative estimate of drug-likeness (QED) is 0.740. The van der Waals surface area contributed by atoms with Gasteiger partial charge in [0, 0.05) is 45.2 Å². The topological polar surface area (TPSA) is 88.7 Å². The summed E-state index contributed by atoms with van der Waals surface area (Å²) in [6, 6.07) is 5.39. The number of piperidine rings is 1. The molecule has 3 heterocycles. The first-order chi connectivity index (χ1) is 15.3. The number of ether oxygens (including phenoxy) is 1. The Balaban J connectivity index is 1.37. The first-order valence-electron chi connectivity index (χ1n) is 11.8. The molecule has 2 aliphatic rings. The van der Waals surface area contributed by atoms with E-state index >= 15 is 0 Å². The van der Waals surface area contributed by atoms with Gasteiger partial charge in [-0.3, -0.25) is 4.57 Å². The Morgan fingerprint density at radius 1 is 1.22 bits per heavy atom. The summed E-state index contributed by atoms with van der Waals surface area (Å²) in [6.45, 7) is 10.2. The first kappa shape index (κ1) is 23.0. The Morgan fingerprint density at radius 3 is 2.56 bits per heavy atom. The Bertz CT molecular complexity index is 1010. The maximum atomic E-state index is 13.0. The maximum Gasteiger partial charge on any atom is 0.337 e. The molecule has 0 bridgehead atoms. The van der Waals surface area contributed by atoms with E-state index in [-0.39, 0.29) is 17.8 Å². The summed E-state index contributed by atoms with van der Waals surface area (Å²) in [4.78, 5) is 28.4. The number of nitrogens with one attached hydrogen (secondary N) is 1. The molecule has 8 heteroatoms. The molecule has 176 valence electrons. The third-order valence-corrected chi connectivity index (χ3v) is 6.94. The molecule has 0 unspecified atom stereocenters. The molecular formula is C24H36N4O4. The molecule has 2 fully saturated rings. The molecule has 0 atom stereocenters. The third-order valence-electron chi connectivity index (χ3n) is 6.94. The number of likely N-dealkylation sites (tertiary alicyclic amines) is 1. The van der Waals surface area contributed by atoms with E-state index in [1.54, 1.807) is 4.57 Å². The van der Waals surface area contributed by atoms with Gasteiger partial charge in [0.15, 0.2) is 0 Å². The molecular weight excluding hydrogens is 408 g/mol. The second-order valence-corrected chi connectivity index (χ2v) is 9.82. The fourth-order valence-electron chi connectivity index (χ4n) is 5.01. The minimum atomic E-state index is -0.636. The van der Waals surface area contributed by atoms with Gasteiger partial charge in [0.2, 0.25) is 0 Å². The number of aryl methyl sites for hydroxylation is 1. The highest BCUT2D eigenvalue weighted by Gasteiger charge is 2.33. The van der Waals surface area contributed by atoms with E-state index in [2.05, 4.69) is 10.2 Å². The fourth-order valence-corrected chi connectivity index (χ4v) is 5.01. The van der Waals surface area contributed by atoms with E-state index in [1.807, 2.05) is 39.0 Å². The molecule has 0 radical (unpaired) electrons. The van der Waals surface area contributed by atoms with Crippen LogP contribution in [-0.2, 0) is 4.74 Å². The number of aromatic nitrogens is 2. The van der Waals surface area contributed by atoms with Crippen molar-refractivity contribution in [2.45, 2.75) is 58.1 Å². The molecule has 2 aliphatic heterocycles. The van der Waals surface area contributed by atoms with Gasteiger partial charge in [-0.25, -0.2) is 14.2 Å². The van der Waals surface area contributed by atoms with Crippen LogP contribution in [0.1, 0.15) is 51.1 Å². The summed E-state index contributed by atoms with van der Waals surface area (Å²) in [6.07, 6.45) is 3.33. The number of carbonyl (C=O) groups is 1. The van der Waals surface area contributed by atoms with Crippen molar-refractivity contribution in [1.29, 1.82) is 0 Å². The van der Waals surface area contributed by atoms with Gasteiger partial charge < -0.3 is 20.1 Å². The van der Waals surface area contributed by atoms with Crippen molar-refractivity contribution in [3.05, 3.63) is 34.2 Å². The number of hydrogen-bond donors (Lipinski definition) is 2. The minimum Gasteiger partial charge on any atom is -0.388 e. The van der Waals surface area contributed by atoms with E-state index in [9.17, 15) is 14.7 Å². The van der Waals surface area contributed by atoms with Crippen LogP contribution in [0.4, 0.5) is 4.79 Å². The van der Waals surface area contributed by atoms with Crippen molar-refractivity contribution >= 4 is 17.1 Å². The van der Waals surface area contributed by atoms with Crippen molar-refractivity contribution in [3.8, 4) is 0 Å². The van der Waals surface area contributed by atoms with Crippen LogP contribution < -0.4 is 11.0 Å². The average Bonchev–Trinajstić information content (AvgIpc) is 3.04. The predicted octanol–water partition coefficient (Wildman–Crippen LogP) is 2.50. The zero-order valence-corrected chi connectivity index (χ0v) is 19.5. The summed E-state index contributed by atoms with van der Waals surface area (Å²) in [5, 5.41) is 13.8. The third kappa shape index (κ3) is 4.77. The van der Waals surface area contributed by atoms with Crippen molar-refractivity contribution in [1.82, 2.24) is 19.4 Å². The van der Waals surface area contributed by atoms with Gasteiger partial charge in [-0.15, -0.1) is 0 Å².